The molecule has 0 fully saturated rings. The first kappa shape index (κ1) is 17.9. The van der Waals surface area contributed by atoms with Gasteiger partial charge in [0, 0.05) is 18.5 Å². The summed E-state index contributed by atoms with van der Waals surface area (Å²) in [5, 5.41) is 3.03. The van der Waals surface area contributed by atoms with Gasteiger partial charge in [-0.15, -0.1) is 0 Å². The van der Waals surface area contributed by atoms with Crippen molar-refractivity contribution in [1.82, 2.24) is 14.9 Å². The minimum absolute atomic E-state index is 0.0120. The molecular weight excluding hydrogens is 354 g/mol. The second-order valence-corrected chi connectivity index (χ2v) is 5.94. The van der Waals surface area contributed by atoms with Crippen LogP contribution in [-0.2, 0) is 13.1 Å². The SMILES string of the molecule is Fc1ccc(F)c(NC(=S)N(Cc2ccccn2)Cc2ccccn2)c1. The van der Waals surface area contributed by atoms with Gasteiger partial charge in [-0.25, -0.2) is 8.78 Å². The van der Waals surface area contributed by atoms with Crippen LogP contribution in [0, 0.1) is 11.6 Å². The summed E-state index contributed by atoms with van der Waals surface area (Å²) < 4.78 is 27.3. The molecule has 0 atom stereocenters. The van der Waals surface area contributed by atoms with Gasteiger partial charge in [0.05, 0.1) is 30.2 Å². The number of anilines is 1. The van der Waals surface area contributed by atoms with Crippen LogP contribution in [0.1, 0.15) is 11.4 Å². The number of benzene rings is 1. The molecule has 7 heteroatoms. The molecule has 0 aliphatic heterocycles. The lowest BCUT2D eigenvalue weighted by Crippen LogP contribution is -2.34. The minimum Gasteiger partial charge on any atom is -0.337 e. The summed E-state index contributed by atoms with van der Waals surface area (Å²) in [4.78, 5) is 10.4. The molecule has 0 spiro atoms. The number of nitrogens with one attached hydrogen (secondary N) is 1. The Bertz CT molecular complexity index is 834. The molecular formula is C19H16F2N4S. The normalized spacial score (nSPS) is 10.4. The van der Waals surface area contributed by atoms with Gasteiger partial charge in [-0.3, -0.25) is 9.97 Å². The lowest BCUT2D eigenvalue weighted by Gasteiger charge is -2.25. The van der Waals surface area contributed by atoms with E-state index in [0.717, 1.165) is 29.6 Å². The average Bonchev–Trinajstić information content (AvgIpc) is 2.66. The quantitative estimate of drug-likeness (QED) is 0.683. The van der Waals surface area contributed by atoms with Gasteiger partial charge in [0.15, 0.2) is 5.11 Å². The van der Waals surface area contributed by atoms with Crippen LogP contribution in [0.2, 0.25) is 0 Å². The molecule has 0 bridgehead atoms. The van der Waals surface area contributed by atoms with E-state index in [2.05, 4.69) is 15.3 Å². The summed E-state index contributed by atoms with van der Waals surface area (Å²) in [6.45, 7) is 0.806. The molecule has 132 valence electrons. The summed E-state index contributed by atoms with van der Waals surface area (Å²) in [6, 6.07) is 14.3. The molecule has 1 N–H and O–H groups in total. The number of halogens is 2. The van der Waals surface area contributed by atoms with Crippen LogP contribution >= 0.6 is 12.2 Å². The Balaban J connectivity index is 1.81. The Kier molecular flexibility index (Phi) is 5.80. The van der Waals surface area contributed by atoms with Crippen LogP contribution in [0.15, 0.2) is 67.0 Å². The van der Waals surface area contributed by atoms with Crippen LogP contribution in [0.3, 0.4) is 0 Å². The summed E-state index contributed by atoms with van der Waals surface area (Å²) >= 11 is 5.43. The first-order valence-corrected chi connectivity index (χ1v) is 8.33. The Morgan fingerprint density at radius 1 is 0.923 bits per heavy atom. The molecule has 26 heavy (non-hydrogen) atoms. The van der Waals surface area contributed by atoms with E-state index in [1.807, 2.05) is 36.4 Å². The third-order valence-corrected chi connectivity index (χ3v) is 3.98. The van der Waals surface area contributed by atoms with Gasteiger partial charge in [0.25, 0.3) is 0 Å². The number of aromatic nitrogens is 2. The molecule has 2 aromatic heterocycles. The molecule has 0 aliphatic carbocycles. The van der Waals surface area contributed by atoms with Gasteiger partial charge < -0.3 is 10.2 Å². The number of nitrogens with zero attached hydrogens (tertiary/aromatic N) is 3. The highest BCUT2D eigenvalue weighted by molar-refractivity contribution is 7.80. The Labute approximate surface area is 155 Å². The van der Waals surface area contributed by atoms with E-state index in [1.54, 1.807) is 17.3 Å². The molecule has 0 saturated heterocycles. The van der Waals surface area contributed by atoms with Crippen LogP contribution in [0.5, 0.6) is 0 Å². The van der Waals surface area contributed by atoms with Gasteiger partial charge in [-0.2, -0.15) is 0 Å². The highest BCUT2D eigenvalue weighted by atomic mass is 32.1. The number of hydrogen-bond acceptors (Lipinski definition) is 3. The van der Waals surface area contributed by atoms with Crippen molar-refractivity contribution in [2.75, 3.05) is 5.32 Å². The van der Waals surface area contributed by atoms with E-state index in [1.165, 1.54) is 0 Å². The molecule has 3 rings (SSSR count). The molecule has 0 saturated carbocycles. The monoisotopic (exact) mass is 370 g/mol. The fraction of sp³-hybridized carbons (Fsp3) is 0.105. The lowest BCUT2D eigenvalue weighted by molar-refractivity contribution is 0.402. The third kappa shape index (κ3) is 4.80. The van der Waals surface area contributed by atoms with Crippen molar-refractivity contribution in [2.45, 2.75) is 13.1 Å². The largest absolute Gasteiger partial charge is 0.337 e. The zero-order chi connectivity index (χ0) is 18.4. The van der Waals surface area contributed by atoms with Crippen LogP contribution in [-0.4, -0.2) is 20.0 Å². The van der Waals surface area contributed by atoms with Gasteiger partial charge in [-0.1, -0.05) is 12.1 Å². The van der Waals surface area contributed by atoms with Crippen molar-refractivity contribution in [3.63, 3.8) is 0 Å². The molecule has 4 nitrogen and oxygen atoms in total. The first-order valence-electron chi connectivity index (χ1n) is 7.92. The van der Waals surface area contributed by atoms with E-state index in [4.69, 9.17) is 12.2 Å². The molecule has 0 amide bonds. The standard InChI is InChI=1S/C19H16F2N4S/c20-14-7-8-17(21)18(11-14)24-19(26)25(12-15-5-1-3-9-22-15)13-16-6-2-4-10-23-16/h1-11H,12-13H2,(H,24,26). The van der Waals surface area contributed by atoms with Crippen LogP contribution in [0.25, 0.3) is 0 Å². The maximum atomic E-state index is 13.9. The van der Waals surface area contributed by atoms with E-state index in [9.17, 15) is 8.78 Å². The predicted molar refractivity (Wildman–Crippen MR) is 100 cm³/mol. The van der Waals surface area contributed by atoms with Crippen molar-refractivity contribution >= 4 is 23.0 Å². The first-order chi connectivity index (χ1) is 12.6. The average molecular weight is 370 g/mol. The Morgan fingerprint density at radius 3 is 2.08 bits per heavy atom. The van der Waals surface area contributed by atoms with Gasteiger partial charge in [-0.05, 0) is 48.6 Å². The van der Waals surface area contributed by atoms with Gasteiger partial charge >= 0.3 is 0 Å². The summed E-state index contributed by atoms with van der Waals surface area (Å²) in [7, 11) is 0. The molecule has 0 unspecified atom stereocenters. The second kappa shape index (κ2) is 8.44. The maximum Gasteiger partial charge on any atom is 0.174 e. The minimum atomic E-state index is -0.579. The highest BCUT2D eigenvalue weighted by Gasteiger charge is 2.15. The van der Waals surface area contributed by atoms with Crippen LogP contribution in [0.4, 0.5) is 14.5 Å². The fourth-order valence-electron chi connectivity index (χ4n) is 2.36. The Morgan fingerprint density at radius 2 is 1.54 bits per heavy atom. The predicted octanol–water partition coefficient (Wildman–Crippen LogP) is 4.15. The molecule has 2 heterocycles. The number of hydrogen-bond donors (Lipinski definition) is 1. The van der Waals surface area contributed by atoms with Crippen molar-refractivity contribution < 1.29 is 8.78 Å². The van der Waals surface area contributed by atoms with Crippen molar-refractivity contribution in [1.29, 1.82) is 0 Å². The van der Waals surface area contributed by atoms with Crippen molar-refractivity contribution in [2.24, 2.45) is 0 Å². The van der Waals surface area contributed by atoms with Crippen molar-refractivity contribution in [3.8, 4) is 0 Å². The van der Waals surface area contributed by atoms with E-state index < -0.39 is 11.6 Å². The topological polar surface area (TPSA) is 41.0 Å². The van der Waals surface area contributed by atoms with Gasteiger partial charge in [0.2, 0.25) is 0 Å². The smallest absolute Gasteiger partial charge is 0.174 e. The highest BCUT2D eigenvalue weighted by Crippen LogP contribution is 2.17. The molecule has 3 aromatic rings. The zero-order valence-corrected chi connectivity index (χ0v) is 14.6. The second-order valence-electron chi connectivity index (χ2n) is 5.55. The zero-order valence-electron chi connectivity index (χ0n) is 13.8. The van der Waals surface area contributed by atoms with E-state index in [0.29, 0.717) is 13.1 Å². The number of rotatable bonds is 5. The van der Waals surface area contributed by atoms with E-state index in [-0.39, 0.29) is 10.8 Å². The summed E-state index contributed by atoms with van der Waals surface area (Å²) in [6.07, 6.45) is 3.38. The number of pyridine rings is 2. The summed E-state index contributed by atoms with van der Waals surface area (Å²) in [5.41, 5.74) is 1.58. The van der Waals surface area contributed by atoms with E-state index >= 15 is 0 Å². The fourth-order valence-corrected chi connectivity index (χ4v) is 2.60. The Hall–Kier alpha value is -2.93. The van der Waals surface area contributed by atoms with Gasteiger partial charge in [0.1, 0.15) is 11.6 Å². The summed E-state index contributed by atoms with van der Waals surface area (Å²) in [5.74, 6) is -1.12. The molecule has 0 radical (unpaired) electrons. The molecule has 0 aliphatic rings. The molecule has 1 aromatic carbocycles. The maximum absolute atomic E-state index is 13.9. The lowest BCUT2D eigenvalue weighted by atomic mass is 10.3. The third-order valence-electron chi connectivity index (χ3n) is 3.62. The number of thiocarbonyl (C=S) groups is 1. The van der Waals surface area contributed by atoms with Crippen LogP contribution < -0.4 is 5.32 Å². The van der Waals surface area contributed by atoms with Crippen molar-refractivity contribution in [3.05, 3.63) is 90.0 Å².